The summed E-state index contributed by atoms with van der Waals surface area (Å²) in [5, 5.41) is 4.39. The standard InChI is InChI=1S/C16H11BrN4O3/c17-11-5-3-4-10(8-11)14(19-20-18)9-24-21-15(22)12-6-1-2-7-13(12)16(21)23/h1-8,14H,9H2. The molecule has 0 aromatic heterocycles. The molecule has 0 bridgehead atoms. The van der Waals surface area contributed by atoms with Gasteiger partial charge in [0.1, 0.15) is 0 Å². The number of fused-ring (bicyclic) bond motifs is 1. The quantitative estimate of drug-likeness (QED) is 0.335. The first-order valence-corrected chi connectivity index (χ1v) is 7.81. The third-order valence-electron chi connectivity index (χ3n) is 3.54. The number of hydrogen-bond donors (Lipinski definition) is 0. The fourth-order valence-electron chi connectivity index (χ4n) is 2.40. The zero-order valence-electron chi connectivity index (χ0n) is 12.3. The van der Waals surface area contributed by atoms with E-state index in [1.807, 2.05) is 6.07 Å². The van der Waals surface area contributed by atoms with Crippen LogP contribution in [0.25, 0.3) is 10.4 Å². The number of benzene rings is 2. The molecule has 8 heteroatoms. The van der Waals surface area contributed by atoms with Gasteiger partial charge in [-0.1, -0.05) is 45.3 Å². The van der Waals surface area contributed by atoms with Crippen LogP contribution in [0.15, 0.2) is 58.1 Å². The Bertz CT molecular complexity index is 829. The summed E-state index contributed by atoms with van der Waals surface area (Å²) in [6, 6.07) is 13.0. The van der Waals surface area contributed by atoms with Crippen LogP contribution in [0.2, 0.25) is 0 Å². The van der Waals surface area contributed by atoms with E-state index in [2.05, 4.69) is 26.0 Å². The van der Waals surface area contributed by atoms with Crippen LogP contribution < -0.4 is 0 Å². The fourth-order valence-corrected chi connectivity index (χ4v) is 2.82. The van der Waals surface area contributed by atoms with E-state index in [1.54, 1.807) is 42.5 Å². The van der Waals surface area contributed by atoms with E-state index in [-0.39, 0.29) is 6.61 Å². The topological polar surface area (TPSA) is 95.4 Å². The second kappa shape index (κ2) is 6.84. The first-order chi connectivity index (χ1) is 11.6. The number of halogens is 1. The molecule has 1 unspecified atom stereocenters. The third kappa shape index (κ3) is 3.03. The molecule has 24 heavy (non-hydrogen) atoms. The minimum absolute atomic E-state index is 0.133. The van der Waals surface area contributed by atoms with Crippen LogP contribution in [0.5, 0.6) is 0 Å². The summed E-state index contributed by atoms with van der Waals surface area (Å²) in [5.74, 6) is -1.05. The van der Waals surface area contributed by atoms with Crippen LogP contribution in [-0.4, -0.2) is 23.5 Å². The molecular formula is C16H11BrN4O3. The Morgan fingerprint density at radius 3 is 2.38 bits per heavy atom. The van der Waals surface area contributed by atoms with Crippen molar-refractivity contribution in [2.75, 3.05) is 6.61 Å². The Hall–Kier alpha value is -2.67. The first-order valence-electron chi connectivity index (χ1n) is 7.02. The molecule has 1 aliphatic rings. The average molecular weight is 387 g/mol. The van der Waals surface area contributed by atoms with E-state index in [4.69, 9.17) is 10.4 Å². The molecule has 2 amide bonds. The summed E-state index contributed by atoms with van der Waals surface area (Å²) in [5.41, 5.74) is 10.0. The highest BCUT2D eigenvalue weighted by Gasteiger charge is 2.36. The average Bonchev–Trinajstić information content (AvgIpc) is 2.83. The zero-order valence-corrected chi connectivity index (χ0v) is 13.9. The van der Waals surface area contributed by atoms with Gasteiger partial charge in [-0.2, -0.15) is 0 Å². The molecule has 0 radical (unpaired) electrons. The highest BCUT2D eigenvalue weighted by atomic mass is 79.9. The molecule has 0 spiro atoms. The van der Waals surface area contributed by atoms with Gasteiger partial charge in [-0.05, 0) is 35.4 Å². The molecule has 7 nitrogen and oxygen atoms in total. The maximum Gasteiger partial charge on any atom is 0.285 e. The molecular weight excluding hydrogens is 376 g/mol. The van der Waals surface area contributed by atoms with Gasteiger partial charge in [0.05, 0.1) is 23.8 Å². The monoisotopic (exact) mass is 386 g/mol. The fraction of sp³-hybridized carbons (Fsp3) is 0.125. The zero-order chi connectivity index (χ0) is 17.1. The SMILES string of the molecule is [N-]=[N+]=NC(CON1C(=O)c2ccccc2C1=O)c1cccc(Br)c1. The normalized spacial score (nSPS) is 14.3. The highest BCUT2D eigenvalue weighted by Crippen LogP contribution is 2.26. The van der Waals surface area contributed by atoms with Crippen molar-refractivity contribution in [1.29, 1.82) is 0 Å². The minimum Gasteiger partial charge on any atom is -0.266 e. The van der Waals surface area contributed by atoms with Crippen LogP contribution in [0.4, 0.5) is 0 Å². The highest BCUT2D eigenvalue weighted by molar-refractivity contribution is 9.10. The lowest BCUT2D eigenvalue weighted by atomic mass is 10.1. The van der Waals surface area contributed by atoms with Crippen LogP contribution in [0, 0.1) is 0 Å². The second-order valence-electron chi connectivity index (χ2n) is 5.02. The predicted molar refractivity (Wildman–Crippen MR) is 88.9 cm³/mol. The van der Waals surface area contributed by atoms with Crippen LogP contribution in [0.3, 0.4) is 0 Å². The number of amides is 2. The molecule has 2 aromatic carbocycles. The number of carbonyl (C=O) groups is 2. The van der Waals surface area contributed by atoms with Crippen molar-refractivity contribution in [3.63, 3.8) is 0 Å². The molecule has 3 rings (SSSR count). The van der Waals surface area contributed by atoms with E-state index < -0.39 is 17.9 Å². The molecule has 1 heterocycles. The van der Waals surface area contributed by atoms with Crippen molar-refractivity contribution in [1.82, 2.24) is 5.06 Å². The van der Waals surface area contributed by atoms with Gasteiger partial charge in [-0.3, -0.25) is 14.4 Å². The van der Waals surface area contributed by atoms with Gasteiger partial charge >= 0.3 is 0 Å². The van der Waals surface area contributed by atoms with Gasteiger partial charge in [-0.25, -0.2) is 0 Å². The van der Waals surface area contributed by atoms with E-state index >= 15 is 0 Å². The van der Waals surface area contributed by atoms with Gasteiger partial charge < -0.3 is 0 Å². The third-order valence-corrected chi connectivity index (χ3v) is 4.04. The Morgan fingerprint density at radius 1 is 1.12 bits per heavy atom. The van der Waals surface area contributed by atoms with Gasteiger partial charge in [0.25, 0.3) is 11.8 Å². The molecule has 1 atom stereocenters. The van der Waals surface area contributed by atoms with Crippen molar-refractivity contribution >= 4 is 27.7 Å². The van der Waals surface area contributed by atoms with Crippen LogP contribution in [0.1, 0.15) is 32.3 Å². The second-order valence-corrected chi connectivity index (χ2v) is 5.94. The van der Waals surface area contributed by atoms with Crippen molar-refractivity contribution in [3.05, 3.63) is 80.1 Å². The predicted octanol–water partition coefficient (Wildman–Crippen LogP) is 4.03. The molecule has 2 aromatic rings. The largest absolute Gasteiger partial charge is 0.285 e. The number of rotatable bonds is 5. The first kappa shape index (κ1) is 16.2. The minimum atomic E-state index is -0.670. The lowest BCUT2D eigenvalue weighted by molar-refractivity contribution is -0.0955. The van der Waals surface area contributed by atoms with Crippen LogP contribution in [-0.2, 0) is 4.84 Å². The summed E-state index contributed by atoms with van der Waals surface area (Å²) in [7, 11) is 0. The van der Waals surface area contributed by atoms with Crippen molar-refractivity contribution < 1.29 is 14.4 Å². The molecule has 1 aliphatic heterocycles. The number of imide groups is 1. The molecule has 0 saturated carbocycles. The maximum atomic E-state index is 12.2. The molecule has 0 N–H and O–H groups in total. The number of azide groups is 1. The lowest BCUT2D eigenvalue weighted by Crippen LogP contribution is -2.31. The van der Waals surface area contributed by atoms with Gasteiger partial charge in [0, 0.05) is 9.38 Å². The molecule has 0 fully saturated rings. The summed E-state index contributed by atoms with van der Waals surface area (Å²) in [4.78, 5) is 32.7. The molecule has 0 saturated heterocycles. The van der Waals surface area contributed by atoms with Gasteiger partial charge in [0.2, 0.25) is 0 Å². The summed E-state index contributed by atoms with van der Waals surface area (Å²) in [6.07, 6.45) is 0. The summed E-state index contributed by atoms with van der Waals surface area (Å²) < 4.78 is 0.818. The molecule has 0 aliphatic carbocycles. The van der Waals surface area contributed by atoms with Crippen LogP contribution >= 0.6 is 15.9 Å². The summed E-state index contributed by atoms with van der Waals surface area (Å²) in [6.45, 7) is -0.133. The van der Waals surface area contributed by atoms with Crippen molar-refractivity contribution in [2.24, 2.45) is 5.11 Å². The number of nitrogens with zero attached hydrogens (tertiary/aromatic N) is 4. The Kier molecular flexibility index (Phi) is 4.61. The van der Waals surface area contributed by atoms with E-state index in [1.165, 1.54) is 0 Å². The van der Waals surface area contributed by atoms with Crippen molar-refractivity contribution in [3.8, 4) is 0 Å². The van der Waals surface area contributed by atoms with E-state index in [0.29, 0.717) is 21.8 Å². The summed E-state index contributed by atoms with van der Waals surface area (Å²) >= 11 is 3.34. The number of carbonyl (C=O) groups excluding carboxylic acids is 2. The van der Waals surface area contributed by atoms with E-state index in [0.717, 1.165) is 4.47 Å². The number of hydroxylamine groups is 2. The smallest absolute Gasteiger partial charge is 0.266 e. The number of hydrogen-bond acceptors (Lipinski definition) is 4. The molecule has 120 valence electrons. The van der Waals surface area contributed by atoms with E-state index in [9.17, 15) is 9.59 Å². The Balaban J connectivity index is 1.78. The Labute approximate surface area is 145 Å². The lowest BCUT2D eigenvalue weighted by Gasteiger charge is -2.17. The van der Waals surface area contributed by atoms with Gasteiger partial charge in [-0.15, -0.1) is 5.06 Å². The Morgan fingerprint density at radius 2 is 1.79 bits per heavy atom. The maximum absolute atomic E-state index is 12.2. The van der Waals surface area contributed by atoms with Gasteiger partial charge in [0.15, 0.2) is 0 Å². The van der Waals surface area contributed by atoms with Crippen molar-refractivity contribution in [2.45, 2.75) is 6.04 Å².